The predicted octanol–water partition coefficient (Wildman–Crippen LogP) is 14.8. The maximum atomic E-state index is 9.73. The van der Waals surface area contributed by atoms with Gasteiger partial charge in [0.15, 0.2) is 0 Å². The van der Waals surface area contributed by atoms with Crippen LogP contribution in [0.15, 0.2) is 218 Å². The van der Waals surface area contributed by atoms with E-state index < -0.39 is 5.41 Å². The fourth-order valence-electron chi connectivity index (χ4n) is 10.1. The Labute approximate surface area is 362 Å². The largest absolute Gasteiger partial charge is 0.398 e. The van der Waals surface area contributed by atoms with Gasteiger partial charge in [0.2, 0.25) is 0 Å². The molecule has 1 atom stereocenters. The van der Waals surface area contributed by atoms with Crippen LogP contribution in [0, 0.1) is 5.41 Å². The Morgan fingerprint density at radius 2 is 1.16 bits per heavy atom. The van der Waals surface area contributed by atoms with Crippen LogP contribution in [-0.2, 0) is 5.41 Å². The smallest absolute Gasteiger partial charge is 0.0728 e. The van der Waals surface area contributed by atoms with Gasteiger partial charge in [0.1, 0.15) is 0 Å². The van der Waals surface area contributed by atoms with Gasteiger partial charge in [-0.2, -0.15) is 0 Å². The number of para-hydroxylation sites is 2. The third-order valence-corrected chi connectivity index (χ3v) is 13.0. The molecule has 3 heteroatoms. The lowest BCUT2D eigenvalue weighted by atomic mass is 9.66. The van der Waals surface area contributed by atoms with Gasteiger partial charge < -0.3 is 16.5 Å². The summed E-state index contributed by atoms with van der Waals surface area (Å²) in [5.41, 5.74) is 21.3. The van der Waals surface area contributed by atoms with E-state index in [0.29, 0.717) is 11.4 Å². The number of anilines is 2. The molecule has 1 unspecified atom stereocenters. The molecule has 0 saturated heterocycles. The summed E-state index contributed by atoms with van der Waals surface area (Å²) in [5.74, 6) is 0. The van der Waals surface area contributed by atoms with Crippen molar-refractivity contribution in [2.45, 2.75) is 12.3 Å². The van der Waals surface area contributed by atoms with Crippen LogP contribution < -0.4 is 11.1 Å². The summed E-state index contributed by atoms with van der Waals surface area (Å²) in [7, 11) is 0. The molecule has 4 N–H and O–H groups in total. The second-order valence-corrected chi connectivity index (χ2v) is 16.4. The van der Waals surface area contributed by atoms with Crippen LogP contribution in [-0.4, -0.2) is 5.71 Å². The van der Waals surface area contributed by atoms with E-state index in [1.54, 1.807) is 6.08 Å². The minimum absolute atomic E-state index is 0.345. The fourth-order valence-corrected chi connectivity index (χ4v) is 10.1. The summed E-state index contributed by atoms with van der Waals surface area (Å²) >= 11 is 0. The van der Waals surface area contributed by atoms with Crippen molar-refractivity contribution in [3.63, 3.8) is 0 Å². The van der Waals surface area contributed by atoms with Crippen LogP contribution >= 0.6 is 0 Å². The van der Waals surface area contributed by atoms with Crippen LogP contribution in [0.25, 0.3) is 65.8 Å². The fraction of sp³-hybridized carbons (Fsp3) is 0.0339. The average molecular weight is 794 g/mol. The number of allylic oxidation sites excluding steroid dienone is 6. The maximum absolute atomic E-state index is 9.73. The molecule has 11 rings (SSSR count). The second-order valence-electron chi connectivity index (χ2n) is 16.4. The Morgan fingerprint density at radius 1 is 0.565 bits per heavy atom. The van der Waals surface area contributed by atoms with Gasteiger partial charge in [-0.25, -0.2) is 0 Å². The molecule has 2 aliphatic rings. The molecule has 3 nitrogen and oxygen atoms in total. The minimum Gasteiger partial charge on any atom is -0.398 e. The molecule has 1 aliphatic carbocycles. The molecule has 294 valence electrons. The van der Waals surface area contributed by atoms with E-state index in [1.165, 1.54) is 32.3 Å². The summed E-state index contributed by atoms with van der Waals surface area (Å²) in [6.07, 6.45) is 8.27. The number of rotatable bonds is 4. The Balaban J connectivity index is 1.19. The molecular formula is C59H43N3. The van der Waals surface area contributed by atoms with Gasteiger partial charge in [-0.3, -0.25) is 0 Å². The van der Waals surface area contributed by atoms with Gasteiger partial charge >= 0.3 is 0 Å². The van der Waals surface area contributed by atoms with Crippen molar-refractivity contribution in [2.24, 2.45) is 5.73 Å². The van der Waals surface area contributed by atoms with E-state index >= 15 is 0 Å². The normalized spacial score (nSPS) is 17.0. The van der Waals surface area contributed by atoms with Gasteiger partial charge in [-0.15, -0.1) is 0 Å². The minimum atomic E-state index is -0.812. The molecule has 0 aromatic heterocycles. The lowest BCUT2D eigenvalue weighted by molar-refractivity contribution is 0.772. The number of nitrogens with one attached hydrogen (secondary N) is 2. The first-order valence-corrected chi connectivity index (χ1v) is 21.2. The SMILES string of the molecule is C=C1/C=C\C=C(/C)c2ccccc2Nc2ccccc2C12c1ccc(-c3ccc4c5ccccc5c5ccccc5c4c3)cc1-c1c(C(=N)/C=C(\N)c3ccccc3)cccc12. The van der Waals surface area contributed by atoms with E-state index in [0.717, 1.165) is 78.2 Å². The van der Waals surface area contributed by atoms with Crippen LogP contribution in [0.1, 0.15) is 40.3 Å². The lowest BCUT2D eigenvalue weighted by Crippen LogP contribution is -2.29. The van der Waals surface area contributed by atoms with E-state index in [9.17, 15) is 5.41 Å². The summed E-state index contributed by atoms with van der Waals surface area (Å²) in [6, 6.07) is 64.6. The zero-order valence-electron chi connectivity index (χ0n) is 34.4. The van der Waals surface area contributed by atoms with Gasteiger partial charge in [0.25, 0.3) is 0 Å². The quantitative estimate of drug-likeness (QED) is 0.123. The summed E-state index contributed by atoms with van der Waals surface area (Å²) in [5, 5.41) is 21.1. The van der Waals surface area contributed by atoms with Crippen LogP contribution in [0.5, 0.6) is 0 Å². The number of hydrogen-bond acceptors (Lipinski definition) is 3. The summed E-state index contributed by atoms with van der Waals surface area (Å²) in [4.78, 5) is 0. The molecule has 0 amide bonds. The Kier molecular flexibility index (Phi) is 8.73. The van der Waals surface area contributed by atoms with Crippen molar-refractivity contribution in [1.82, 2.24) is 0 Å². The van der Waals surface area contributed by atoms with E-state index in [4.69, 9.17) is 12.3 Å². The van der Waals surface area contributed by atoms with E-state index in [-0.39, 0.29) is 0 Å². The van der Waals surface area contributed by atoms with Crippen molar-refractivity contribution >= 4 is 60.7 Å². The van der Waals surface area contributed by atoms with Crippen LogP contribution in [0.2, 0.25) is 0 Å². The highest BCUT2D eigenvalue weighted by atomic mass is 14.9. The lowest BCUT2D eigenvalue weighted by Gasteiger charge is -2.36. The Hall–Kier alpha value is -8.01. The highest BCUT2D eigenvalue weighted by Gasteiger charge is 2.48. The van der Waals surface area contributed by atoms with Crippen molar-refractivity contribution in [2.75, 3.05) is 5.32 Å². The molecule has 9 aromatic rings. The molecule has 0 bridgehead atoms. The zero-order chi connectivity index (χ0) is 42.0. The molecule has 1 heterocycles. The molecule has 0 radical (unpaired) electrons. The van der Waals surface area contributed by atoms with Crippen LogP contribution in [0.3, 0.4) is 0 Å². The van der Waals surface area contributed by atoms with E-state index in [1.807, 2.05) is 30.3 Å². The van der Waals surface area contributed by atoms with Crippen LogP contribution in [0.4, 0.5) is 11.4 Å². The van der Waals surface area contributed by atoms with Crippen molar-refractivity contribution in [3.8, 4) is 22.3 Å². The third kappa shape index (κ3) is 5.70. The Bertz CT molecular complexity index is 3400. The monoisotopic (exact) mass is 793 g/mol. The van der Waals surface area contributed by atoms with E-state index in [2.05, 4.69) is 182 Å². The average Bonchev–Trinajstić information content (AvgIpc) is 3.61. The van der Waals surface area contributed by atoms with Gasteiger partial charge in [0, 0.05) is 28.2 Å². The molecular weight excluding hydrogens is 751 g/mol. The zero-order valence-corrected chi connectivity index (χ0v) is 34.4. The first kappa shape index (κ1) is 37.0. The van der Waals surface area contributed by atoms with Crippen molar-refractivity contribution in [1.29, 1.82) is 5.41 Å². The number of benzene rings is 9. The summed E-state index contributed by atoms with van der Waals surface area (Å²) in [6.45, 7) is 7.08. The number of nitrogens with two attached hydrogens (primary N) is 1. The summed E-state index contributed by atoms with van der Waals surface area (Å²) < 4.78 is 0. The van der Waals surface area contributed by atoms with Crippen molar-refractivity contribution < 1.29 is 0 Å². The van der Waals surface area contributed by atoms with Gasteiger partial charge in [0.05, 0.1) is 11.1 Å². The maximum Gasteiger partial charge on any atom is 0.0728 e. The second kappa shape index (κ2) is 14.6. The van der Waals surface area contributed by atoms with Crippen molar-refractivity contribution in [3.05, 3.63) is 252 Å². The predicted molar refractivity (Wildman–Crippen MR) is 263 cm³/mol. The molecule has 9 aromatic carbocycles. The highest BCUT2D eigenvalue weighted by molar-refractivity contribution is 6.26. The van der Waals surface area contributed by atoms with Gasteiger partial charge in [-0.05, 0) is 125 Å². The molecule has 62 heavy (non-hydrogen) atoms. The first-order valence-electron chi connectivity index (χ1n) is 21.2. The first-order chi connectivity index (χ1) is 30.4. The molecule has 0 fully saturated rings. The standard InChI is InChI=1S/C59H43N3/c1-37-16-14-17-38(2)59(52-26-11-13-29-57(52)62-56-28-12-10-20-42(37)56)51-33-31-41(40-30-32-47-45-23-7-6-21-43(45)44-22-8-9-24-46(44)49(47)34-40)35-50(51)58-48(25-15-27-53(58)59)55(61)36-54(60)39-18-4-3-5-19-39/h3-36,61-62H,2,60H2,1H3/b17-14-,37-16+,54-36-,61-55?. The number of fused-ring (bicyclic) bond motifs is 14. The topological polar surface area (TPSA) is 61.9 Å². The van der Waals surface area contributed by atoms with Gasteiger partial charge in [-0.1, -0.05) is 183 Å². The number of hydrogen-bond donors (Lipinski definition) is 3. The molecule has 0 saturated carbocycles. The molecule has 1 spiro atoms. The Morgan fingerprint density at radius 3 is 1.92 bits per heavy atom. The highest BCUT2D eigenvalue weighted by Crippen LogP contribution is 2.59. The third-order valence-electron chi connectivity index (χ3n) is 13.0. The molecule has 1 aliphatic heterocycles.